The Kier molecular flexibility index (Phi) is 5.90. The van der Waals surface area contributed by atoms with E-state index in [2.05, 4.69) is 66.2 Å². The summed E-state index contributed by atoms with van der Waals surface area (Å²) in [6.07, 6.45) is 7.69. The molecule has 1 aliphatic rings. The average Bonchev–Trinajstić information content (AvgIpc) is 3.11. The lowest BCUT2D eigenvalue weighted by molar-refractivity contribution is -0.163. The number of benzene rings is 2. The second-order valence-corrected chi connectivity index (χ2v) is 7.55. The highest BCUT2D eigenvalue weighted by Crippen LogP contribution is 2.20. The number of nitrogens with zero attached hydrogens (tertiary/aromatic N) is 1. The fourth-order valence-electron chi connectivity index (χ4n) is 3.75. The molecule has 0 saturated carbocycles. The van der Waals surface area contributed by atoms with Crippen molar-refractivity contribution in [2.45, 2.75) is 51.9 Å². The van der Waals surface area contributed by atoms with E-state index in [9.17, 15) is 0 Å². The lowest BCUT2D eigenvalue weighted by Gasteiger charge is -2.22. The van der Waals surface area contributed by atoms with Gasteiger partial charge in [-0.1, -0.05) is 42.0 Å². The Balaban J connectivity index is 1.37. The molecule has 0 radical (unpaired) electrons. The van der Waals surface area contributed by atoms with Crippen LogP contribution in [0.15, 0.2) is 54.7 Å². The summed E-state index contributed by atoms with van der Waals surface area (Å²) in [5.41, 5.74) is 5.40. The summed E-state index contributed by atoms with van der Waals surface area (Å²) in [4.78, 5) is 0. The van der Waals surface area contributed by atoms with E-state index in [-0.39, 0.29) is 6.29 Å². The van der Waals surface area contributed by atoms with Crippen molar-refractivity contribution in [3.8, 4) is 0 Å². The Morgan fingerprint density at radius 3 is 2.63 bits per heavy atom. The molecule has 1 atom stereocenters. The van der Waals surface area contributed by atoms with Crippen LogP contribution in [0.3, 0.4) is 0 Å². The Morgan fingerprint density at radius 1 is 1.00 bits per heavy atom. The molecule has 27 heavy (non-hydrogen) atoms. The summed E-state index contributed by atoms with van der Waals surface area (Å²) >= 11 is 0. The van der Waals surface area contributed by atoms with Crippen molar-refractivity contribution >= 4 is 10.9 Å². The van der Waals surface area contributed by atoms with Crippen LogP contribution >= 0.6 is 0 Å². The van der Waals surface area contributed by atoms with Crippen LogP contribution in [0.5, 0.6) is 0 Å². The summed E-state index contributed by atoms with van der Waals surface area (Å²) in [5.74, 6) is 0. The molecule has 0 bridgehead atoms. The molecular weight excluding hydrogens is 334 g/mol. The standard InChI is InChI=1S/C24H29NO2/c1-19-5-7-20(8-6-19)9-10-21-11-12-22-13-14-25(23(22)18-21)15-17-27-24-4-2-3-16-26-24/h5-8,11-14,18,24H,2-4,9-10,15-17H2,1H3. The highest BCUT2D eigenvalue weighted by Gasteiger charge is 2.13. The van der Waals surface area contributed by atoms with Gasteiger partial charge in [-0.05, 0) is 67.7 Å². The zero-order valence-electron chi connectivity index (χ0n) is 16.2. The van der Waals surface area contributed by atoms with Crippen LogP contribution < -0.4 is 0 Å². The smallest absolute Gasteiger partial charge is 0.157 e. The van der Waals surface area contributed by atoms with Crippen molar-refractivity contribution in [1.82, 2.24) is 4.57 Å². The average molecular weight is 364 g/mol. The molecule has 3 heteroatoms. The van der Waals surface area contributed by atoms with Crippen molar-refractivity contribution < 1.29 is 9.47 Å². The quantitative estimate of drug-likeness (QED) is 0.570. The van der Waals surface area contributed by atoms with Crippen LogP contribution in [0.4, 0.5) is 0 Å². The predicted molar refractivity (Wildman–Crippen MR) is 110 cm³/mol. The summed E-state index contributed by atoms with van der Waals surface area (Å²) < 4.78 is 13.9. The van der Waals surface area contributed by atoms with E-state index in [4.69, 9.17) is 9.47 Å². The van der Waals surface area contributed by atoms with E-state index in [0.29, 0.717) is 6.61 Å². The van der Waals surface area contributed by atoms with Gasteiger partial charge in [0.05, 0.1) is 6.61 Å². The molecule has 1 unspecified atom stereocenters. The number of aryl methyl sites for hydroxylation is 3. The molecule has 0 aliphatic carbocycles. The molecule has 2 heterocycles. The minimum atomic E-state index is -0.00866. The fraction of sp³-hybridized carbons (Fsp3) is 0.417. The van der Waals surface area contributed by atoms with Crippen molar-refractivity contribution in [1.29, 1.82) is 0 Å². The molecular formula is C24H29NO2. The lowest BCUT2D eigenvalue weighted by Crippen LogP contribution is -2.23. The zero-order valence-corrected chi connectivity index (χ0v) is 16.2. The molecule has 2 aromatic carbocycles. The van der Waals surface area contributed by atoms with Crippen LogP contribution in [0.2, 0.25) is 0 Å². The minimum Gasteiger partial charge on any atom is -0.353 e. The second-order valence-electron chi connectivity index (χ2n) is 7.55. The van der Waals surface area contributed by atoms with Gasteiger partial charge in [-0.15, -0.1) is 0 Å². The van der Waals surface area contributed by atoms with Gasteiger partial charge < -0.3 is 14.0 Å². The van der Waals surface area contributed by atoms with Gasteiger partial charge in [0.2, 0.25) is 0 Å². The molecule has 4 rings (SSSR count). The third-order valence-electron chi connectivity index (χ3n) is 5.44. The molecule has 0 spiro atoms. The largest absolute Gasteiger partial charge is 0.353 e. The maximum atomic E-state index is 5.91. The maximum absolute atomic E-state index is 5.91. The Hall–Kier alpha value is -2.10. The number of rotatable bonds is 7. The van der Waals surface area contributed by atoms with E-state index in [1.807, 2.05) is 0 Å². The van der Waals surface area contributed by atoms with Gasteiger partial charge in [0.15, 0.2) is 6.29 Å². The van der Waals surface area contributed by atoms with Crippen LogP contribution in [-0.4, -0.2) is 24.1 Å². The molecule has 142 valence electrons. The highest BCUT2D eigenvalue weighted by atomic mass is 16.7. The normalized spacial score (nSPS) is 17.4. The topological polar surface area (TPSA) is 23.4 Å². The van der Waals surface area contributed by atoms with Gasteiger partial charge in [0.1, 0.15) is 0 Å². The SMILES string of the molecule is Cc1ccc(CCc2ccc3ccn(CCOC4CCCCO4)c3c2)cc1. The number of hydrogen-bond donors (Lipinski definition) is 0. The van der Waals surface area contributed by atoms with Gasteiger partial charge in [-0.25, -0.2) is 0 Å². The van der Waals surface area contributed by atoms with Gasteiger partial charge in [0.25, 0.3) is 0 Å². The maximum Gasteiger partial charge on any atom is 0.157 e. The van der Waals surface area contributed by atoms with Crippen LogP contribution in [-0.2, 0) is 28.9 Å². The molecule has 3 aromatic rings. The number of hydrogen-bond acceptors (Lipinski definition) is 2. The van der Waals surface area contributed by atoms with Gasteiger partial charge in [-0.3, -0.25) is 0 Å². The van der Waals surface area contributed by atoms with Crippen LogP contribution in [0, 0.1) is 6.92 Å². The predicted octanol–water partition coefficient (Wildman–Crippen LogP) is 5.28. The first-order valence-electron chi connectivity index (χ1n) is 10.1. The van der Waals surface area contributed by atoms with E-state index < -0.39 is 0 Å². The van der Waals surface area contributed by atoms with Gasteiger partial charge in [-0.2, -0.15) is 0 Å². The highest BCUT2D eigenvalue weighted by molar-refractivity contribution is 5.80. The summed E-state index contributed by atoms with van der Waals surface area (Å²) in [6, 6.07) is 17.9. The summed E-state index contributed by atoms with van der Waals surface area (Å²) in [6.45, 7) is 4.53. The van der Waals surface area contributed by atoms with Crippen molar-refractivity contribution in [2.75, 3.05) is 13.2 Å². The summed E-state index contributed by atoms with van der Waals surface area (Å²) in [7, 11) is 0. The number of ether oxygens (including phenoxy) is 2. The van der Waals surface area contributed by atoms with Gasteiger partial charge >= 0.3 is 0 Å². The molecule has 0 N–H and O–H groups in total. The summed E-state index contributed by atoms with van der Waals surface area (Å²) in [5, 5.41) is 1.29. The second kappa shape index (κ2) is 8.73. The number of fused-ring (bicyclic) bond motifs is 1. The van der Waals surface area contributed by atoms with E-state index >= 15 is 0 Å². The first kappa shape index (κ1) is 18.3. The minimum absolute atomic E-state index is 0.00866. The Labute approximate surface area is 161 Å². The molecule has 3 nitrogen and oxygen atoms in total. The van der Waals surface area contributed by atoms with Crippen molar-refractivity contribution in [3.63, 3.8) is 0 Å². The third kappa shape index (κ3) is 4.79. The molecule has 0 amide bonds. The van der Waals surface area contributed by atoms with E-state index in [1.54, 1.807) is 0 Å². The Morgan fingerprint density at radius 2 is 1.81 bits per heavy atom. The monoisotopic (exact) mass is 363 g/mol. The Bertz CT molecular complexity index is 860. The first-order valence-corrected chi connectivity index (χ1v) is 10.1. The van der Waals surface area contributed by atoms with Gasteiger partial charge in [0, 0.05) is 24.9 Å². The molecule has 1 aliphatic heterocycles. The third-order valence-corrected chi connectivity index (χ3v) is 5.44. The van der Waals surface area contributed by atoms with E-state index in [0.717, 1.165) is 38.8 Å². The number of aromatic nitrogens is 1. The van der Waals surface area contributed by atoms with Crippen molar-refractivity contribution in [2.24, 2.45) is 0 Å². The molecule has 1 aromatic heterocycles. The van der Waals surface area contributed by atoms with Crippen molar-refractivity contribution in [3.05, 3.63) is 71.4 Å². The molecule has 1 saturated heterocycles. The van der Waals surface area contributed by atoms with Crippen LogP contribution in [0.25, 0.3) is 10.9 Å². The molecule has 1 fully saturated rings. The van der Waals surface area contributed by atoms with Crippen LogP contribution in [0.1, 0.15) is 36.0 Å². The zero-order chi connectivity index (χ0) is 18.5. The van der Waals surface area contributed by atoms with E-state index in [1.165, 1.54) is 34.0 Å². The lowest BCUT2D eigenvalue weighted by atomic mass is 10.0. The fourth-order valence-corrected chi connectivity index (χ4v) is 3.75. The first-order chi connectivity index (χ1) is 13.3.